The smallest absolute Gasteiger partial charge is 0.0553 e. The van der Waals surface area contributed by atoms with Crippen molar-refractivity contribution in [2.24, 2.45) is 0 Å². The summed E-state index contributed by atoms with van der Waals surface area (Å²) < 4.78 is 2.45. The van der Waals surface area contributed by atoms with E-state index in [9.17, 15) is 0 Å². The molecule has 1 heteroatoms. The van der Waals surface area contributed by atoms with Crippen LogP contribution in [0.5, 0.6) is 0 Å². The van der Waals surface area contributed by atoms with Crippen LogP contribution in [0.15, 0.2) is 237 Å². The van der Waals surface area contributed by atoms with Crippen LogP contribution < -0.4 is 0 Å². The van der Waals surface area contributed by atoms with Gasteiger partial charge in [0.15, 0.2) is 0 Å². The minimum Gasteiger partial charge on any atom is -0.309 e. The van der Waals surface area contributed by atoms with E-state index >= 15 is 0 Å². The Kier molecular flexibility index (Phi) is 8.25. The number of benzene rings is 11. The second kappa shape index (κ2) is 14.4. The molecule has 1 heterocycles. The Hall–Kier alpha value is -8.00. The summed E-state index contributed by atoms with van der Waals surface area (Å²) in [4.78, 5) is 0. The first kappa shape index (κ1) is 35.0. The van der Waals surface area contributed by atoms with Crippen LogP contribution >= 0.6 is 0 Å². The van der Waals surface area contributed by atoms with Crippen LogP contribution in [0.4, 0.5) is 0 Å². The van der Waals surface area contributed by atoms with E-state index in [1.165, 1.54) is 110 Å². The molecule has 12 aromatic rings. The minimum absolute atomic E-state index is 1.14. The molecule has 0 aliphatic carbocycles. The average molecular weight is 774 g/mol. The third kappa shape index (κ3) is 5.63. The van der Waals surface area contributed by atoms with Gasteiger partial charge in [0.2, 0.25) is 0 Å². The lowest BCUT2D eigenvalue weighted by molar-refractivity contribution is 1.18. The molecule has 61 heavy (non-hydrogen) atoms. The van der Waals surface area contributed by atoms with Crippen molar-refractivity contribution in [2.75, 3.05) is 0 Å². The Morgan fingerprint density at radius 3 is 1.43 bits per heavy atom. The molecule has 0 unspecified atom stereocenters. The summed E-state index contributed by atoms with van der Waals surface area (Å²) in [6, 6.07) is 86.9. The zero-order chi connectivity index (χ0) is 40.3. The first-order valence-electron chi connectivity index (χ1n) is 21.1. The summed E-state index contributed by atoms with van der Waals surface area (Å²) >= 11 is 0. The van der Waals surface area contributed by atoms with Crippen molar-refractivity contribution in [2.45, 2.75) is 0 Å². The zero-order valence-corrected chi connectivity index (χ0v) is 33.5. The maximum Gasteiger partial charge on any atom is 0.0553 e. The molecule has 11 aromatic carbocycles. The van der Waals surface area contributed by atoms with Gasteiger partial charge in [0.25, 0.3) is 0 Å². The van der Waals surface area contributed by atoms with Crippen LogP contribution in [0.25, 0.3) is 115 Å². The molecule has 1 nitrogen and oxygen atoms in total. The van der Waals surface area contributed by atoms with Gasteiger partial charge in [-0.2, -0.15) is 0 Å². The summed E-state index contributed by atoms with van der Waals surface area (Å²) in [6.07, 6.45) is 0. The molecule has 0 atom stereocenters. The number of rotatable bonds is 6. The number of nitrogens with zero attached hydrogens (tertiary/aromatic N) is 1. The fraction of sp³-hybridized carbons (Fsp3) is 0. The van der Waals surface area contributed by atoms with Gasteiger partial charge in [-0.05, 0) is 113 Å². The topological polar surface area (TPSA) is 4.93 Å². The van der Waals surface area contributed by atoms with Gasteiger partial charge in [-0.25, -0.2) is 0 Å². The number of hydrogen-bond acceptors (Lipinski definition) is 0. The second-order valence-corrected chi connectivity index (χ2v) is 15.9. The molecule has 0 bridgehead atoms. The minimum atomic E-state index is 1.14. The fourth-order valence-corrected chi connectivity index (χ4v) is 9.98. The van der Waals surface area contributed by atoms with Crippen molar-refractivity contribution >= 4 is 54.1 Å². The molecular weight excluding hydrogens is 735 g/mol. The quantitative estimate of drug-likeness (QED) is 0.148. The lowest BCUT2D eigenvalue weighted by Gasteiger charge is -2.24. The maximum absolute atomic E-state index is 2.46. The Morgan fingerprint density at radius 1 is 0.246 bits per heavy atom. The number of fused-ring (bicyclic) bond motifs is 6. The normalized spacial score (nSPS) is 11.6. The van der Waals surface area contributed by atoms with Gasteiger partial charge in [0.1, 0.15) is 0 Å². The van der Waals surface area contributed by atoms with Crippen LogP contribution in [0, 0.1) is 0 Å². The van der Waals surface area contributed by atoms with Crippen LogP contribution in [-0.4, -0.2) is 4.57 Å². The Balaban J connectivity index is 1.27. The standard InChI is InChI=1S/C60H39N/c1-4-21-41(22-5-1)53-39-55-59(52-34-18-19-35-54(52)61(55)45-26-8-3-9-27-45)56(42-23-6-2-7-24-42)60(53)58-50-32-16-14-30-48(50)57(49-31-15-17-33-51(49)58)47-29-13-12-28-46(47)44-37-36-40-20-10-11-25-43(40)38-44/h1-39H. The van der Waals surface area contributed by atoms with Crippen molar-refractivity contribution in [3.63, 3.8) is 0 Å². The summed E-state index contributed by atoms with van der Waals surface area (Å²) in [5.74, 6) is 0. The lowest BCUT2D eigenvalue weighted by Crippen LogP contribution is -1.98. The number of hydrogen-bond donors (Lipinski definition) is 0. The predicted octanol–water partition coefficient (Wildman–Crippen LogP) is 16.6. The van der Waals surface area contributed by atoms with Crippen molar-refractivity contribution < 1.29 is 0 Å². The van der Waals surface area contributed by atoms with Crippen LogP contribution in [0.1, 0.15) is 0 Å². The molecule has 0 amide bonds. The van der Waals surface area contributed by atoms with Gasteiger partial charge in [-0.15, -0.1) is 0 Å². The van der Waals surface area contributed by atoms with Crippen molar-refractivity contribution in [1.29, 1.82) is 0 Å². The van der Waals surface area contributed by atoms with E-state index in [1.54, 1.807) is 0 Å². The van der Waals surface area contributed by atoms with Gasteiger partial charge in [0, 0.05) is 22.0 Å². The van der Waals surface area contributed by atoms with Crippen LogP contribution in [0.2, 0.25) is 0 Å². The zero-order valence-electron chi connectivity index (χ0n) is 33.5. The molecule has 0 radical (unpaired) electrons. The van der Waals surface area contributed by atoms with E-state index in [0.717, 1.165) is 5.69 Å². The first-order chi connectivity index (χ1) is 30.3. The Morgan fingerprint density at radius 2 is 0.754 bits per heavy atom. The van der Waals surface area contributed by atoms with E-state index in [1.807, 2.05) is 0 Å². The van der Waals surface area contributed by atoms with Gasteiger partial charge >= 0.3 is 0 Å². The third-order valence-electron chi connectivity index (χ3n) is 12.6. The van der Waals surface area contributed by atoms with Crippen molar-refractivity contribution in [1.82, 2.24) is 4.57 Å². The molecule has 1 aromatic heterocycles. The predicted molar refractivity (Wildman–Crippen MR) is 260 cm³/mol. The van der Waals surface area contributed by atoms with Crippen molar-refractivity contribution in [3.05, 3.63) is 237 Å². The van der Waals surface area contributed by atoms with Gasteiger partial charge < -0.3 is 4.57 Å². The number of aromatic nitrogens is 1. The second-order valence-electron chi connectivity index (χ2n) is 15.9. The third-order valence-corrected chi connectivity index (χ3v) is 12.6. The van der Waals surface area contributed by atoms with Crippen molar-refractivity contribution in [3.8, 4) is 61.3 Å². The monoisotopic (exact) mass is 773 g/mol. The number of para-hydroxylation sites is 2. The van der Waals surface area contributed by atoms with Crippen LogP contribution in [0.3, 0.4) is 0 Å². The molecule has 0 saturated heterocycles. The highest BCUT2D eigenvalue weighted by Gasteiger charge is 2.27. The highest BCUT2D eigenvalue weighted by Crippen LogP contribution is 2.53. The molecule has 0 saturated carbocycles. The van der Waals surface area contributed by atoms with E-state index < -0.39 is 0 Å². The van der Waals surface area contributed by atoms with E-state index in [4.69, 9.17) is 0 Å². The molecule has 0 aliphatic heterocycles. The maximum atomic E-state index is 2.46. The van der Waals surface area contributed by atoms with Gasteiger partial charge in [0.05, 0.1) is 11.0 Å². The Bertz CT molecular complexity index is 3560. The van der Waals surface area contributed by atoms with Crippen LogP contribution in [-0.2, 0) is 0 Å². The van der Waals surface area contributed by atoms with Gasteiger partial charge in [-0.1, -0.05) is 206 Å². The van der Waals surface area contributed by atoms with E-state index in [-0.39, 0.29) is 0 Å². The summed E-state index contributed by atoms with van der Waals surface area (Å²) in [5, 5.41) is 9.88. The largest absolute Gasteiger partial charge is 0.309 e. The van der Waals surface area contributed by atoms with E-state index in [2.05, 4.69) is 241 Å². The lowest BCUT2D eigenvalue weighted by atomic mass is 9.79. The van der Waals surface area contributed by atoms with E-state index in [0.29, 0.717) is 0 Å². The summed E-state index contributed by atoms with van der Waals surface area (Å²) in [6.45, 7) is 0. The summed E-state index contributed by atoms with van der Waals surface area (Å²) in [5.41, 5.74) is 15.7. The molecule has 284 valence electrons. The molecule has 0 aliphatic rings. The van der Waals surface area contributed by atoms with Gasteiger partial charge in [-0.3, -0.25) is 0 Å². The highest BCUT2D eigenvalue weighted by atomic mass is 15.0. The molecule has 0 N–H and O–H groups in total. The SMILES string of the molecule is c1ccc(-c2cc3c(c(-c4ccccc4)c2-c2c4ccccc4c(-c4ccccc4-c4ccc5ccccc5c4)c4ccccc24)c2ccccc2n3-c2ccccc2)cc1. The fourth-order valence-electron chi connectivity index (χ4n) is 9.98. The molecule has 12 rings (SSSR count). The summed E-state index contributed by atoms with van der Waals surface area (Å²) in [7, 11) is 0. The highest BCUT2D eigenvalue weighted by molar-refractivity contribution is 6.28. The average Bonchev–Trinajstić information content (AvgIpc) is 3.67. The molecule has 0 spiro atoms. The Labute approximate surface area is 355 Å². The first-order valence-corrected chi connectivity index (χ1v) is 21.1. The molecular formula is C60H39N. The molecule has 0 fully saturated rings.